The van der Waals surface area contributed by atoms with Gasteiger partial charge in [-0.3, -0.25) is 4.79 Å². The number of amides is 1. The molecule has 0 radical (unpaired) electrons. The Morgan fingerprint density at radius 3 is 2.50 bits per heavy atom. The number of pyridine rings is 1. The van der Waals surface area contributed by atoms with Crippen LogP contribution in [0.5, 0.6) is 11.5 Å². The number of likely N-dealkylation sites (tertiary alicyclic amines) is 1. The minimum Gasteiger partial charge on any atom is -0.457 e. The molecule has 4 aromatic rings. The van der Waals surface area contributed by atoms with E-state index in [2.05, 4.69) is 54.3 Å². The molecule has 0 saturated carbocycles. The second-order valence-electron chi connectivity index (χ2n) is 11.0. The molecule has 0 unspecified atom stereocenters. The lowest BCUT2D eigenvalue weighted by Gasteiger charge is -2.33. The number of hydrogen-bond acceptors (Lipinski definition) is 6. The fourth-order valence-electron chi connectivity index (χ4n) is 5.13. The Bertz CT molecular complexity index is 1510. The van der Waals surface area contributed by atoms with E-state index >= 15 is 0 Å². The molecule has 210 valence electrons. The molecule has 0 aliphatic carbocycles. The van der Waals surface area contributed by atoms with Crippen molar-refractivity contribution in [3.63, 3.8) is 0 Å². The van der Waals surface area contributed by atoms with E-state index in [0.29, 0.717) is 29.3 Å². The maximum atomic E-state index is 12.9. The number of aromatic nitrogens is 3. The third-order valence-electron chi connectivity index (χ3n) is 7.58. The number of imidazole rings is 1. The van der Waals surface area contributed by atoms with Gasteiger partial charge in [-0.05, 0) is 87.7 Å². The molecule has 9 heteroatoms. The number of nitrogens with zero attached hydrogens (tertiary/aromatic N) is 4. The lowest BCUT2D eigenvalue weighted by molar-refractivity contribution is -0.121. The van der Waals surface area contributed by atoms with Crippen LogP contribution in [0.4, 0.5) is 17.5 Å². The molecule has 3 heterocycles. The molecule has 2 aromatic heterocycles. The lowest BCUT2D eigenvalue weighted by atomic mass is 9.95. The first-order valence-corrected chi connectivity index (χ1v) is 14.3. The molecule has 2 aromatic carbocycles. The van der Waals surface area contributed by atoms with E-state index in [1.54, 1.807) is 18.3 Å². The molecule has 0 atom stereocenters. The van der Waals surface area contributed by atoms with Crippen molar-refractivity contribution in [3.8, 4) is 11.5 Å². The first kappa shape index (κ1) is 27.9. The summed E-state index contributed by atoms with van der Waals surface area (Å²) in [6.07, 6.45) is 3.36. The lowest BCUT2D eigenvalue weighted by Crippen LogP contribution is -2.41. The summed E-state index contributed by atoms with van der Waals surface area (Å²) < 4.78 is 8.14. The minimum absolute atomic E-state index is 0.000533. The number of carbonyl (C=O) groups excluding carboxylic acids is 1. The summed E-state index contributed by atoms with van der Waals surface area (Å²) in [7, 11) is 1.97. The van der Waals surface area contributed by atoms with Gasteiger partial charge in [0.15, 0.2) is 0 Å². The fraction of sp³-hybridized carbons (Fsp3) is 0.387. The van der Waals surface area contributed by atoms with Gasteiger partial charge in [-0.1, -0.05) is 25.4 Å². The van der Waals surface area contributed by atoms with Crippen LogP contribution in [0.15, 0.2) is 54.7 Å². The summed E-state index contributed by atoms with van der Waals surface area (Å²) in [5.41, 5.74) is 3.79. The van der Waals surface area contributed by atoms with Crippen molar-refractivity contribution in [2.24, 2.45) is 13.0 Å². The molecule has 1 aliphatic heterocycles. The highest BCUT2D eigenvalue weighted by Crippen LogP contribution is 2.31. The third-order valence-corrected chi connectivity index (χ3v) is 7.92. The van der Waals surface area contributed by atoms with E-state index < -0.39 is 0 Å². The Hall–Kier alpha value is -3.62. The predicted octanol–water partition coefficient (Wildman–Crippen LogP) is 7.34. The van der Waals surface area contributed by atoms with Gasteiger partial charge in [-0.25, -0.2) is 9.97 Å². The number of halogens is 1. The van der Waals surface area contributed by atoms with E-state index in [4.69, 9.17) is 21.3 Å². The van der Waals surface area contributed by atoms with Crippen LogP contribution < -0.4 is 15.4 Å². The Balaban J connectivity index is 1.26. The van der Waals surface area contributed by atoms with Crippen LogP contribution in [0, 0.1) is 5.92 Å². The monoisotopic (exact) mass is 560 g/mol. The molecule has 8 nitrogen and oxygen atoms in total. The molecular weight excluding hydrogens is 524 g/mol. The largest absolute Gasteiger partial charge is 0.457 e. The van der Waals surface area contributed by atoms with Crippen LogP contribution in [0.25, 0.3) is 11.0 Å². The summed E-state index contributed by atoms with van der Waals surface area (Å²) in [6.45, 7) is 10.5. The van der Waals surface area contributed by atoms with E-state index in [0.717, 1.165) is 59.2 Å². The molecule has 1 fully saturated rings. The number of anilines is 3. The highest BCUT2D eigenvalue weighted by Gasteiger charge is 2.26. The highest BCUT2D eigenvalue weighted by molar-refractivity contribution is 6.31. The van der Waals surface area contributed by atoms with Crippen LogP contribution in [-0.4, -0.2) is 44.5 Å². The second-order valence-corrected chi connectivity index (χ2v) is 11.4. The molecular formula is C31H37ClN6O2. The topological polar surface area (TPSA) is 84.3 Å². The van der Waals surface area contributed by atoms with Crippen molar-refractivity contribution in [1.82, 2.24) is 19.4 Å². The maximum Gasteiger partial charge on any atom is 0.228 e. The number of aryl methyl sites for hydroxylation is 1. The van der Waals surface area contributed by atoms with E-state index in [1.165, 1.54) is 0 Å². The molecule has 0 bridgehead atoms. The number of nitrogens with one attached hydrogen (secondary N) is 2. The molecule has 1 amide bonds. The highest BCUT2D eigenvalue weighted by atomic mass is 35.5. The molecule has 40 heavy (non-hydrogen) atoms. The quantitative estimate of drug-likeness (QED) is 0.234. The first-order valence-electron chi connectivity index (χ1n) is 13.9. The van der Waals surface area contributed by atoms with Crippen molar-refractivity contribution < 1.29 is 9.53 Å². The average molecular weight is 561 g/mol. The van der Waals surface area contributed by atoms with Gasteiger partial charge in [0.25, 0.3) is 0 Å². The van der Waals surface area contributed by atoms with Crippen molar-refractivity contribution in [2.75, 3.05) is 23.7 Å². The summed E-state index contributed by atoms with van der Waals surface area (Å²) >= 11 is 6.37. The van der Waals surface area contributed by atoms with Crippen molar-refractivity contribution in [1.29, 1.82) is 0 Å². The van der Waals surface area contributed by atoms with Gasteiger partial charge in [0.05, 0.1) is 11.0 Å². The number of rotatable bonds is 8. The zero-order valence-electron chi connectivity index (χ0n) is 23.7. The second kappa shape index (κ2) is 11.9. The van der Waals surface area contributed by atoms with Gasteiger partial charge in [-0.15, -0.1) is 0 Å². The molecule has 0 spiro atoms. The minimum atomic E-state index is 0.000533. The van der Waals surface area contributed by atoms with Gasteiger partial charge in [0.2, 0.25) is 11.9 Å². The standard InChI is InChI=1S/C31H37ClN6O2/c1-19(2)25-16-22(6-8-26(25)32)34-31-35-27-17-23(7-9-28(27)37(31)5)40-24-10-13-33-29(18-24)36-30(39)21-11-14-38(15-12-21)20(3)4/h6-10,13,16-21H,11-12,14-15H2,1-5H3,(H,34,35)(H,33,36,39). The Kier molecular flexibility index (Phi) is 8.28. The normalized spacial score (nSPS) is 14.7. The van der Waals surface area contributed by atoms with Crippen LogP contribution in [0.3, 0.4) is 0 Å². The summed E-state index contributed by atoms with van der Waals surface area (Å²) in [4.78, 5) is 24.4. The van der Waals surface area contributed by atoms with Gasteiger partial charge in [0, 0.05) is 48.0 Å². The van der Waals surface area contributed by atoms with Gasteiger partial charge in [-0.2, -0.15) is 0 Å². The predicted molar refractivity (Wildman–Crippen MR) is 162 cm³/mol. The van der Waals surface area contributed by atoms with Crippen LogP contribution in [-0.2, 0) is 11.8 Å². The third kappa shape index (κ3) is 6.24. The van der Waals surface area contributed by atoms with Gasteiger partial charge in [0.1, 0.15) is 17.3 Å². The molecule has 2 N–H and O–H groups in total. The van der Waals surface area contributed by atoms with Crippen LogP contribution in [0.1, 0.15) is 52.0 Å². The van der Waals surface area contributed by atoms with Gasteiger partial charge < -0.3 is 24.8 Å². The number of hydrogen-bond donors (Lipinski definition) is 2. The van der Waals surface area contributed by atoms with Crippen molar-refractivity contribution in [2.45, 2.75) is 52.5 Å². The van der Waals surface area contributed by atoms with Crippen LogP contribution in [0.2, 0.25) is 5.02 Å². The number of carbonyl (C=O) groups is 1. The number of piperidine rings is 1. The smallest absolute Gasteiger partial charge is 0.228 e. The average Bonchev–Trinajstić information content (AvgIpc) is 3.23. The maximum absolute atomic E-state index is 12.9. The number of fused-ring (bicyclic) bond motifs is 1. The van der Waals surface area contributed by atoms with Gasteiger partial charge >= 0.3 is 0 Å². The SMILES string of the molecule is CC(C)c1cc(Nc2nc3cc(Oc4ccnc(NC(=O)C5CCN(C(C)C)CC5)c4)ccc3n2C)ccc1Cl. The van der Waals surface area contributed by atoms with E-state index in [9.17, 15) is 4.79 Å². The Morgan fingerprint density at radius 1 is 1.02 bits per heavy atom. The molecule has 5 rings (SSSR count). The number of benzene rings is 2. The van der Waals surface area contributed by atoms with Crippen LogP contribution >= 0.6 is 11.6 Å². The van der Waals surface area contributed by atoms with Crippen molar-refractivity contribution in [3.05, 3.63) is 65.3 Å². The number of ether oxygens (including phenoxy) is 1. The van der Waals surface area contributed by atoms with E-state index in [-0.39, 0.29) is 11.8 Å². The zero-order chi connectivity index (χ0) is 28.4. The van der Waals surface area contributed by atoms with Crippen molar-refractivity contribution >= 4 is 46.0 Å². The summed E-state index contributed by atoms with van der Waals surface area (Å²) in [5, 5.41) is 7.16. The molecule has 1 aliphatic rings. The summed E-state index contributed by atoms with van der Waals surface area (Å²) in [6, 6.07) is 15.8. The van der Waals surface area contributed by atoms with E-state index in [1.807, 2.05) is 41.9 Å². The zero-order valence-corrected chi connectivity index (χ0v) is 24.5. The Labute approximate surface area is 240 Å². The summed E-state index contributed by atoms with van der Waals surface area (Å²) in [5.74, 6) is 2.79. The molecule has 1 saturated heterocycles. The fourth-order valence-corrected chi connectivity index (χ4v) is 5.47. The first-order chi connectivity index (χ1) is 19.2. The Morgan fingerprint density at radius 2 is 1.77 bits per heavy atom.